The van der Waals surface area contributed by atoms with Crippen LogP contribution in [0.3, 0.4) is 0 Å². The summed E-state index contributed by atoms with van der Waals surface area (Å²) in [6.07, 6.45) is 6.45. The average molecular weight is 431 g/mol. The number of aryl methyl sites for hydroxylation is 1. The molecule has 0 aliphatic heterocycles. The number of aromatic nitrogens is 2. The van der Waals surface area contributed by atoms with Gasteiger partial charge in [0, 0.05) is 18.6 Å². The maximum absolute atomic E-state index is 13.2. The van der Waals surface area contributed by atoms with E-state index in [2.05, 4.69) is 25.9 Å². The number of benzene rings is 1. The Kier molecular flexibility index (Phi) is 6.49. The highest BCUT2D eigenvalue weighted by Crippen LogP contribution is 2.31. The lowest BCUT2D eigenvalue weighted by molar-refractivity contribution is 0.0497. The quantitative estimate of drug-likeness (QED) is 0.391. The number of hydrogen-bond acceptors (Lipinski definition) is 5. The molecule has 0 aliphatic rings. The van der Waals surface area contributed by atoms with E-state index >= 15 is 0 Å². The highest BCUT2D eigenvalue weighted by molar-refractivity contribution is 9.10. The van der Waals surface area contributed by atoms with Crippen molar-refractivity contribution in [2.45, 2.75) is 12.8 Å². The third kappa shape index (κ3) is 5.34. The van der Waals surface area contributed by atoms with Crippen molar-refractivity contribution in [1.82, 2.24) is 9.97 Å². The van der Waals surface area contributed by atoms with Crippen molar-refractivity contribution < 1.29 is 18.7 Å². The minimum absolute atomic E-state index is 0.0991. The fraction of sp³-hybridized carbons (Fsp3) is 0.150. The van der Waals surface area contributed by atoms with Crippen LogP contribution in [0.4, 0.5) is 4.39 Å². The number of nitrogens with zero attached hydrogens (tertiary/aromatic N) is 2. The SMILES string of the molecule is O=C(OCCCc1cccnc1)c1cccnc1Oc1ccc(F)cc1Br. The first-order valence-electron chi connectivity index (χ1n) is 8.27. The molecule has 0 radical (unpaired) electrons. The molecule has 7 heteroatoms. The molecule has 3 aromatic rings. The molecule has 0 fully saturated rings. The van der Waals surface area contributed by atoms with E-state index < -0.39 is 11.8 Å². The van der Waals surface area contributed by atoms with E-state index in [0.29, 0.717) is 16.6 Å². The second kappa shape index (κ2) is 9.23. The van der Waals surface area contributed by atoms with E-state index in [1.165, 1.54) is 24.4 Å². The number of halogens is 2. The lowest BCUT2D eigenvalue weighted by Gasteiger charge is -2.11. The first-order chi connectivity index (χ1) is 13.1. The average Bonchev–Trinajstić information content (AvgIpc) is 2.68. The molecule has 2 aromatic heterocycles. The molecule has 0 N–H and O–H groups in total. The van der Waals surface area contributed by atoms with E-state index in [9.17, 15) is 9.18 Å². The number of ether oxygens (including phenoxy) is 2. The molecule has 0 amide bonds. The molecule has 0 bridgehead atoms. The fourth-order valence-electron chi connectivity index (χ4n) is 2.35. The van der Waals surface area contributed by atoms with Crippen LogP contribution >= 0.6 is 15.9 Å². The molecule has 5 nitrogen and oxygen atoms in total. The number of carbonyl (C=O) groups excluding carboxylic acids is 1. The van der Waals surface area contributed by atoms with Gasteiger partial charge in [0.1, 0.15) is 17.1 Å². The molecule has 0 unspecified atom stereocenters. The van der Waals surface area contributed by atoms with E-state index in [4.69, 9.17) is 9.47 Å². The summed E-state index contributed by atoms with van der Waals surface area (Å²) in [5, 5.41) is 0. The van der Waals surface area contributed by atoms with E-state index in [-0.39, 0.29) is 18.1 Å². The van der Waals surface area contributed by atoms with Crippen LogP contribution in [0, 0.1) is 5.82 Å². The largest absolute Gasteiger partial charge is 0.462 e. The van der Waals surface area contributed by atoms with E-state index in [1.54, 1.807) is 24.5 Å². The van der Waals surface area contributed by atoms with E-state index in [0.717, 1.165) is 12.0 Å². The van der Waals surface area contributed by atoms with Crippen LogP contribution in [0.15, 0.2) is 65.5 Å². The zero-order chi connectivity index (χ0) is 19.1. The first-order valence-corrected chi connectivity index (χ1v) is 9.07. The van der Waals surface area contributed by atoms with Crippen molar-refractivity contribution in [3.8, 4) is 11.6 Å². The Hall–Kier alpha value is -2.80. The molecule has 0 saturated carbocycles. The van der Waals surface area contributed by atoms with E-state index in [1.807, 2.05) is 12.1 Å². The highest BCUT2D eigenvalue weighted by atomic mass is 79.9. The molecular formula is C20H16BrFN2O3. The summed E-state index contributed by atoms with van der Waals surface area (Å²) in [6, 6.07) is 11.0. The van der Waals surface area contributed by atoms with Crippen molar-refractivity contribution in [3.63, 3.8) is 0 Å². The second-order valence-corrected chi connectivity index (χ2v) is 6.49. The Morgan fingerprint density at radius 1 is 1.15 bits per heavy atom. The lowest BCUT2D eigenvalue weighted by Crippen LogP contribution is -2.09. The number of carbonyl (C=O) groups is 1. The summed E-state index contributed by atoms with van der Waals surface area (Å²) in [6.45, 7) is 0.266. The first kappa shape index (κ1) is 19.0. The molecule has 2 heterocycles. The van der Waals surface area contributed by atoms with Gasteiger partial charge in [0.25, 0.3) is 0 Å². The molecule has 0 atom stereocenters. The van der Waals surface area contributed by atoms with Crippen LogP contribution in [0.2, 0.25) is 0 Å². The molecule has 0 spiro atoms. The third-order valence-corrected chi connectivity index (χ3v) is 4.28. The van der Waals surface area contributed by atoms with Gasteiger partial charge in [0.15, 0.2) is 0 Å². The Morgan fingerprint density at radius 2 is 2.00 bits per heavy atom. The van der Waals surface area contributed by atoms with Crippen LogP contribution in [-0.4, -0.2) is 22.5 Å². The van der Waals surface area contributed by atoms with Crippen LogP contribution in [0.25, 0.3) is 0 Å². The van der Waals surface area contributed by atoms with Gasteiger partial charge in [-0.3, -0.25) is 4.98 Å². The molecule has 1 aromatic carbocycles. The Bertz CT molecular complexity index is 922. The summed E-state index contributed by atoms with van der Waals surface area (Å²) < 4.78 is 24.6. The van der Waals surface area contributed by atoms with Crippen molar-refractivity contribution in [2.24, 2.45) is 0 Å². The Labute approximate surface area is 164 Å². The minimum atomic E-state index is -0.525. The van der Waals surface area contributed by atoms with Crippen molar-refractivity contribution >= 4 is 21.9 Å². The topological polar surface area (TPSA) is 61.3 Å². The number of rotatable bonds is 7. The lowest BCUT2D eigenvalue weighted by atomic mass is 10.2. The Balaban J connectivity index is 1.61. The van der Waals surface area contributed by atoms with Gasteiger partial charge >= 0.3 is 5.97 Å². The minimum Gasteiger partial charge on any atom is -0.462 e. The van der Waals surface area contributed by atoms with Gasteiger partial charge in [-0.15, -0.1) is 0 Å². The molecule has 3 rings (SSSR count). The predicted octanol–water partition coefficient (Wildman–Crippen LogP) is 4.96. The summed E-state index contributed by atoms with van der Waals surface area (Å²) >= 11 is 3.23. The molecular weight excluding hydrogens is 415 g/mol. The van der Waals surface area contributed by atoms with Crippen molar-refractivity contribution in [1.29, 1.82) is 0 Å². The zero-order valence-electron chi connectivity index (χ0n) is 14.3. The second-order valence-electron chi connectivity index (χ2n) is 5.63. The molecule has 138 valence electrons. The van der Waals surface area contributed by atoms with Crippen molar-refractivity contribution in [3.05, 3.63) is 82.5 Å². The van der Waals surface area contributed by atoms with Crippen LogP contribution in [-0.2, 0) is 11.2 Å². The molecule has 27 heavy (non-hydrogen) atoms. The summed E-state index contributed by atoms with van der Waals surface area (Å²) in [7, 11) is 0. The van der Waals surface area contributed by atoms with Gasteiger partial charge in [-0.2, -0.15) is 0 Å². The van der Waals surface area contributed by atoms with Gasteiger partial charge < -0.3 is 9.47 Å². The summed E-state index contributed by atoms with van der Waals surface area (Å²) in [5.74, 6) is -0.478. The van der Waals surface area contributed by atoms with Gasteiger partial charge in [0.05, 0.1) is 11.1 Å². The number of esters is 1. The number of pyridine rings is 2. The predicted molar refractivity (Wildman–Crippen MR) is 101 cm³/mol. The Morgan fingerprint density at radius 3 is 2.78 bits per heavy atom. The van der Waals surface area contributed by atoms with Crippen LogP contribution < -0.4 is 4.74 Å². The molecule has 0 aliphatic carbocycles. The van der Waals surface area contributed by atoms with Gasteiger partial charge in [0.2, 0.25) is 5.88 Å². The third-order valence-electron chi connectivity index (χ3n) is 3.66. The highest BCUT2D eigenvalue weighted by Gasteiger charge is 2.17. The van der Waals surface area contributed by atoms with Gasteiger partial charge in [-0.25, -0.2) is 14.2 Å². The van der Waals surface area contributed by atoms with Gasteiger partial charge in [-0.05, 0) is 70.7 Å². The smallest absolute Gasteiger partial charge is 0.343 e. The maximum Gasteiger partial charge on any atom is 0.343 e. The van der Waals surface area contributed by atoms with Crippen LogP contribution in [0.5, 0.6) is 11.6 Å². The zero-order valence-corrected chi connectivity index (χ0v) is 15.9. The standard InChI is InChI=1S/C20H16BrFN2O3/c21-17-12-15(22)7-8-18(17)27-19-16(6-2-10-24-19)20(25)26-11-3-5-14-4-1-9-23-13-14/h1-2,4,6-10,12-13H,3,5,11H2. The van der Waals surface area contributed by atoms with Gasteiger partial charge in [-0.1, -0.05) is 6.07 Å². The number of hydrogen-bond donors (Lipinski definition) is 0. The monoisotopic (exact) mass is 430 g/mol. The normalized spacial score (nSPS) is 10.4. The fourth-order valence-corrected chi connectivity index (χ4v) is 2.79. The molecule has 0 saturated heterocycles. The van der Waals surface area contributed by atoms with Crippen molar-refractivity contribution in [2.75, 3.05) is 6.61 Å². The summed E-state index contributed by atoms with van der Waals surface area (Å²) in [4.78, 5) is 20.5. The summed E-state index contributed by atoms with van der Waals surface area (Å²) in [5.41, 5.74) is 1.29. The van der Waals surface area contributed by atoms with Crippen LogP contribution in [0.1, 0.15) is 22.3 Å². The maximum atomic E-state index is 13.2.